The van der Waals surface area contributed by atoms with E-state index in [4.69, 9.17) is 9.47 Å². The van der Waals surface area contributed by atoms with Crippen LogP contribution in [-0.4, -0.2) is 45.5 Å². The zero-order valence-corrected chi connectivity index (χ0v) is 16.0. The molecule has 0 bridgehead atoms. The van der Waals surface area contributed by atoms with E-state index in [1.165, 1.54) is 25.2 Å². The molecule has 2 rings (SSSR count). The Morgan fingerprint density at radius 1 is 1.42 bits per heavy atom. The Morgan fingerprint density at radius 2 is 2.12 bits per heavy atom. The van der Waals surface area contributed by atoms with Gasteiger partial charge in [-0.05, 0) is 50.3 Å². The maximum Gasteiger partial charge on any atom is 0.321 e. The van der Waals surface area contributed by atoms with Crippen LogP contribution in [0.25, 0.3) is 0 Å². The molecule has 1 aliphatic carbocycles. The number of esters is 1. The molecule has 0 unspecified atom stereocenters. The number of carbonyl (C=O) groups excluding carboxylic acids is 1. The Bertz CT molecular complexity index is 737. The third kappa shape index (κ3) is 5.65. The van der Waals surface area contributed by atoms with Gasteiger partial charge in [0.2, 0.25) is 0 Å². The molecular weight excluding hydrogens is 363 g/mol. The van der Waals surface area contributed by atoms with Crippen molar-refractivity contribution in [2.24, 2.45) is 5.92 Å². The highest BCUT2D eigenvalue weighted by atomic mass is 32.2. The molecule has 1 aliphatic rings. The number of nitrogens with zero attached hydrogens (tertiary/aromatic N) is 1. The highest BCUT2D eigenvalue weighted by Gasteiger charge is 2.26. The summed E-state index contributed by atoms with van der Waals surface area (Å²) in [6, 6.07) is 3.71. The first kappa shape index (κ1) is 20.6. The highest BCUT2D eigenvalue weighted by Crippen LogP contribution is 2.31. The average Bonchev–Trinajstić information content (AvgIpc) is 3.43. The molecule has 0 saturated heterocycles. The van der Waals surface area contributed by atoms with Gasteiger partial charge in [0, 0.05) is 13.1 Å². The first-order chi connectivity index (χ1) is 12.2. The zero-order chi connectivity index (χ0) is 19.3. The van der Waals surface area contributed by atoms with Gasteiger partial charge in [0.25, 0.3) is 10.2 Å². The van der Waals surface area contributed by atoms with E-state index in [0.29, 0.717) is 18.1 Å². The van der Waals surface area contributed by atoms with E-state index in [-0.39, 0.29) is 12.4 Å². The van der Waals surface area contributed by atoms with Crippen molar-refractivity contribution in [3.63, 3.8) is 0 Å². The Hall–Kier alpha value is -1.71. The van der Waals surface area contributed by atoms with E-state index in [1.807, 2.05) is 0 Å². The van der Waals surface area contributed by atoms with Gasteiger partial charge in [0.15, 0.2) is 11.6 Å². The molecule has 0 heterocycles. The molecule has 1 aromatic carbocycles. The fourth-order valence-electron chi connectivity index (χ4n) is 2.26. The van der Waals surface area contributed by atoms with Crippen LogP contribution in [0.1, 0.15) is 38.3 Å². The molecule has 9 heteroatoms. The van der Waals surface area contributed by atoms with Crippen molar-refractivity contribution in [1.29, 1.82) is 0 Å². The number of hydrogen-bond acceptors (Lipinski definition) is 5. The minimum atomic E-state index is -3.91. The third-order valence-electron chi connectivity index (χ3n) is 4.24. The predicted octanol–water partition coefficient (Wildman–Crippen LogP) is 2.00. The lowest BCUT2D eigenvalue weighted by Gasteiger charge is -2.25. The molecular formula is C17H25FN2O5S. The van der Waals surface area contributed by atoms with Crippen LogP contribution in [0.5, 0.6) is 5.75 Å². The lowest BCUT2D eigenvalue weighted by Crippen LogP contribution is -2.42. The highest BCUT2D eigenvalue weighted by molar-refractivity contribution is 7.87. The predicted molar refractivity (Wildman–Crippen MR) is 94.4 cm³/mol. The SMILES string of the molecule is CCOC(=O)CNS(=O)(=O)N(C)[C@H](C)c1ccc(F)c(OCC2CC2)c1. The maximum absolute atomic E-state index is 13.9. The van der Waals surface area contributed by atoms with Gasteiger partial charge in [-0.1, -0.05) is 6.07 Å². The number of halogens is 1. The molecule has 1 saturated carbocycles. The van der Waals surface area contributed by atoms with E-state index < -0.39 is 34.6 Å². The molecule has 1 fully saturated rings. The number of benzene rings is 1. The summed E-state index contributed by atoms with van der Waals surface area (Å²) in [6.07, 6.45) is 2.18. The van der Waals surface area contributed by atoms with Crippen LogP contribution in [0.3, 0.4) is 0 Å². The van der Waals surface area contributed by atoms with Gasteiger partial charge in [0.05, 0.1) is 13.2 Å². The Balaban J connectivity index is 2.04. The summed E-state index contributed by atoms with van der Waals surface area (Å²) in [6.45, 7) is 3.49. The summed E-state index contributed by atoms with van der Waals surface area (Å²) in [5.41, 5.74) is 0.584. The second-order valence-corrected chi connectivity index (χ2v) is 8.08. The van der Waals surface area contributed by atoms with Crippen LogP contribution in [0.4, 0.5) is 4.39 Å². The molecule has 0 radical (unpaired) electrons. The topological polar surface area (TPSA) is 84.9 Å². The van der Waals surface area contributed by atoms with Gasteiger partial charge in [-0.15, -0.1) is 0 Å². The second kappa shape index (κ2) is 8.79. The normalized spacial score (nSPS) is 15.7. The van der Waals surface area contributed by atoms with Crippen LogP contribution in [0.2, 0.25) is 0 Å². The molecule has 0 aliphatic heterocycles. The van der Waals surface area contributed by atoms with Gasteiger partial charge in [-0.3, -0.25) is 4.79 Å². The third-order valence-corrected chi connectivity index (χ3v) is 5.82. The second-order valence-electron chi connectivity index (χ2n) is 6.27. The fraction of sp³-hybridized carbons (Fsp3) is 0.588. The Morgan fingerprint density at radius 3 is 2.73 bits per heavy atom. The summed E-state index contributed by atoms with van der Waals surface area (Å²) >= 11 is 0. The van der Waals surface area contributed by atoms with Crippen molar-refractivity contribution in [3.8, 4) is 5.75 Å². The maximum atomic E-state index is 13.9. The molecule has 7 nitrogen and oxygen atoms in total. The van der Waals surface area contributed by atoms with Crippen LogP contribution < -0.4 is 9.46 Å². The molecule has 0 aromatic heterocycles. The van der Waals surface area contributed by atoms with E-state index in [2.05, 4.69) is 4.72 Å². The lowest BCUT2D eigenvalue weighted by molar-refractivity contribution is -0.141. The smallest absolute Gasteiger partial charge is 0.321 e. The summed E-state index contributed by atoms with van der Waals surface area (Å²) in [5.74, 6) is -0.542. The van der Waals surface area contributed by atoms with Crippen molar-refractivity contribution in [1.82, 2.24) is 9.03 Å². The molecule has 1 N–H and O–H groups in total. The Labute approximate surface area is 153 Å². The first-order valence-corrected chi connectivity index (χ1v) is 9.99. The van der Waals surface area contributed by atoms with Crippen molar-refractivity contribution in [2.45, 2.75) is 32.7 Å². The summed E-state index contributed by atoms with van der Waals surface area (Å²) in [4.78, 5) is 11.3. The lowest BCUT2D eigenvalue weighted by atomic mass is 10.1. The number of nitrogens with one attached hydrogen (secondary N) is 1. The standard InChI is InChI=1S/C17H25FN2O5S/c1-4-24-17(21)10-19-26(22,23)20(3)12(2)14-7-8-15(18)16(9-14)25-11-13-5-6-13/h7-9,12-13,19H,4-6,10-11H2,1-3H3/t12-/m1/s1. The summed E-state index contributed by atoms with van der Waals surface area (Å²) < 4.78 is 52.0. The van der Waals surface area contributed by atoms with Gasteiger partial charge in [-0.25, -0.2) is 4.39 Å². The summed E-state index contributed by atoms with van der Waals surface area (Å²) in [7, 11) is -2.53. The van der Waals surface area contributed by atoms with E-state index in [1.54, 1.807) is 13.8 Å². The van der Waals surface area contributed by atoms with Gasteiger partial charge in [-0.2, -0.15) is 17.4 Å². The van der Waals surface area contributed by atoms with Gasteiger partial charge >= 0.3 is 5.97 Å². The molecule has 1 aromatic rings. The molecule has 146 valence electrons. The fourth-order valence-corrected chi connectivity index (χ4v) is 3.31. The quantitative estimate of drug-likeness (QED) is 0.620. The van der Waals surface area contributed by atoms with Crippen LogP contribution in [-0.2, 0) is 19.7 Å². The van der Waals surface area contributed by atoms with E-state index >= 15 is 0 Å². The largest absolute Gasteiger partial charge is 0.490 e. The van der Waals surface area contributed by atoms with Crippen LogP contribution in [0, 0.1) is 11.7 Å². The average molecular weight is 388 g/mol. The van der Waals surface area contributed by atoms with Gasteiger partial charge in [0.1, 0.15) is 6.54 Å². The molecule has 0 spiro atoms. The van der Waals surface area contributed by atoms with Crippen molar-refractivity contribution < 1.29 is 27.1 Å². The number of rotatable bonds is 10. The van der Waals surface area contributed by atoms with Crippen molar-refractivity contribution in [2.75, 3.05) is 26.8 Å². The van der Waals surface area contributed by atoms with E-state index in [9.17, 15) is 17.6 Å². The Kier molecular flexibility index (Phi) is 6.96. The van der Waals surface area contributed by atoms with Crippen molar-refractivity contribution >= 4 is 16.2 Å². The number of hydrogen-bond donors (Lipinski definition) is 1. The number of ether oxygens (including phenoxy) is 2. The van der Waals surface area contributed by atoms with Crippen LogP contribution in [0.15, 0.2) is 18.2 Å². The van der Waals surface area contributed by atoms with Crippen molar-refractivity contribution in [3.05, 3.63) is 29.6 Å². The number of carbonyl (C=O) groups is 1. The molecule has 1 atom stereocenters. The minimum absolute atomic E-state index is 0.117. The molecule has 0 amide bonds. The zero-order valence-electron chi connectivity index (χ0n) is 15.2. The minimum Gasteiger partial charge on any atom is -0.490 e. The molecule has 26 heavy (non-hydrogen) atoms. The monoisotopic (exact) mass is 388 g/mol. The van der Waals surface area contributed by atoms with Gasteiger partial charge < -0.3 is 9.47 Å². The van der Waals surface area contributed by atoms with Crippen LogP contribution >= 0.6 is 0 Å². The summed E-state index contributed by atoms with van der Waals surface area (Å²) in [5, 5.41) is 0. The first-order valence-electron chi connectivity index (χ1n) is 8.55. The van der Waals surface area contributed by atoms with E-state index in [0.717, 1.165) is 17.1 Å².